The van der Waals surface area contributed by atoms with Crippen molar-refractivity contribution >= 4 is 17.2 Å². The zero-order chi connectivity index (χ0) is 14.6. The lowest BCUT2D eigenvalue weighted by atomic mass is 10.0. The van der Waals surface area contributed by atoms with Crippen molar-refractivity contribution in [3.63, 3.8) is 0 Å². The Morgan fingerprint density at radius 1 is 1.35 bits per heavy atom. The Morgan fingerprint density at radius 3 is 2.70 bits per heavy atom. The first-order chi connectivity index (χ1) is 9.64. The van der Waals surface area contributed by atoms with Gasteiger partial charge in [-0.1, -0.05) is 0 Å². The minimum Gasteiger partial charge on any atom is -0.394 e. The molecule has 0 bridgehead atoms. The first kappa shape index (κ1) is 15.4. The highest BCUT2D eigenvalue weighted by molar-refractivity contribution is 7.10. The Balaban J connectivity index is 1.90. The molecular formula is C13H20N2O4S. The molecule has 0 radical (unpaired) electrons. The van der Waals surface area contributed by atoms with Gasteiger partial charge in [0.05, 0.1) is 31.9 Å². The molecule has 0 aromatic carbocycles. The molecule has 1 aromatic rings. The van der Waals surface area contributed by atoms with Crippen LogP contribution in [-0.2, 0) is 17.8 Å². The molecule has 4 N–H and O–H groups in total. The predicted octanol–water partition coefficient (Wildman–Crippen LogP) is -1.06. The molecule has 0 spiro atoms. The van der Waals surface area contributed by atoms with Gasteiger partial charge in [-0.15, -0.1) is 11.3 Å². The van der Waals surface area contributed by atoms with Crippen LogP contribution in [0.1, 0.15) is 10.4 Å². The molecule has 0 atom stereocenters. The maximum Gasteiger partial charge on any atom is 0.236 e. The number of rotatable bonds is 6. The number of thiophene rings is 1. The number of aliphatic hydroxyl groups excluding tert-OH is 3. The van der Waals surface area contributed by atoms with Crippen molar-refractivity contribution in [1.29, 1.82) is 0 Å². The summed E-state index contributed by atoms with van der Waals surface area (Å²) < 4.78 is 0. The van der Waals surface area contributed by atoms with E-state index in [1.165, 1.54) is 10.4 Å². The molecule has 1 aliphatic heterocycles. The average molecular weight is 300 g/mol. The second-order valence-electron chi connectivity index (χ2n) is 5.04. The second kappa shape index (κ2) is 6.64. The number of hydrogen-bond acceptors (Lipinski definition) is 6. The lowest BCUT2D eigenvalue weighted by Gasteiger charge is -2.31. The van der Waals surface area contributed by atoms with E-state index in [0.29, 0.717) is 13.1 Å². The van der Waals surface area contributed by atoms with Gasteiger partial charge in [-0.2, -0.15) is 0 Å². The fourth-order valence-electron chi connectivity index (χ4n) is 2.15. The summed E-state index contributed by atoms with van der Waals surface area (Å²) in [7, 11) is 0. The van der Waals surface area contributed by atoms with Gasteiger partial charge in [-0.25, -0.2) is 0 Å². The van der Waals surface area contributed by atoms with Gasteiger partial charge >= 0.3 is 0 Å². The van der Waals surface area contributed by atoms with Crippen LogP contribution in [-0.4, -0.2) is 64.6 Å². The summed E-state index contributed by atoms with van der Waals surface area (Å²) >= 11 is 1.71. The molecule has 0 fully saturated rings. The van der Waals surface area contributed by atoms with E-state index in [1.54, 1.807) is 16.2 Å². The Morgan fingerprint density at radius 2 is 2.05 bits per heavy atom. The molecule has 0 unspecified atom stereocenters. The highest BCUT2D eigenvalue weighted by atomic mass is 32.1. The first-order valence-corrected chi connectivity index (χ1v) is 7.43. The van der Waals surface area contributed by atoms with Gasteiger partial charge in [-0.3, -0.25) is 10.1 Å². The number of nitrogens with zero attached hydrogens (tertiary/aromatic N) is 1. The molecule has 1 aromatic heterocycles. The third-order valence-electron chi connectivity index (χ3n) is 3.68. The van der Waals surface area contributed by atoms with E-state index in [0.717, 1.165) is 6.42 Å². The summed E-state index contributed by atoms with van der Waals surface area (Å²) in [5.74, 6) is -0.0958. The van der Waals surface area contributed by atoms with E-state index in [-0.39, 0.29) is 12.5 Å². The van der Waals surface area contributed by atoms with Crippen LogP contribution in [0, 0.1) is 0 Å². The largest absolute Gasteiger partial charge is 0.394 e. The van der Waals surface area contributed by atoms with Crippen molar-refractivity contribution in [1.82, 2.24) is 10.2 Å². The second-order valence-corrected chi connectivity index (χ2v) is 6.04. The molecule has 1 amide bonds. The minimum absolute atomic E-state index is 0.0127. The van der Waals surface area contributed by atoms with Gasteiger partial charge in [0.25, 0.3) is 0 Å². The van der Waals surface area contributed by atoms with Crippen molar-refractivity contribution in [2.45, 2.75) is 18.5 Å². The molecule has 20 heavy (non-hydrogen) atoms. The van der Waals surface area contributed by atoms with Crippen molar-refractivity contribution in [3.05, 3.63) is 21.9 Å². The normalized spacial score (nSPS) is 15.2. The summed E-state index contributed by atoms with van der Waals surface area (Å²) in [6, 6.07) is 2.03. The molecule has 7 heteroatoms. The summed E-state index contributed by atoms with van der Waals surface area (Å²) in [4.78, 5) is 15.2. The lowest BCUT2D eigenvalue weighted by Crippen LogP contribution is -2.57. The zero-order valence-electron chi connectivity index (χ0n) is 11.2. The SMILES string of the molecule is O=C(CNC(CO)(CO)CO)N1CCc2sccc2C1. The van der Waals surface area contributed by atoms with E-state index in [9.17, 15) is 20.1 Å². The average Bonchev–Trinajstić information content (AvgIpc) is 2.96. The summed E-state index contributed by atoms with van der Waals surface area (Å²) in [5, 5.41) is 32.4. The Bertz CT molecular complexity index is 451. The quantitative estimate of drug-likeness (QED) is 0.537. The molecular weight excluding hydrogens is 280 g/mol. The number of nitrogens with one attached hydrogen (secondary N) is 1. The van der Waals surface area contributed by atoms with Crippen LogP contribution in [0.2, 0.25) is 0 Å². The van der Waals surface area contributed by atoms with Crippen LogP contribution in [0.25, 0.3) is 0 Å². The molecule has 0 saturated carbocycles. The van der Waals surface area contributed by atoms with Gasteiger partial charge in [0, 0.05) is 18.0 Å². The molecule has 2 rings (SSSR count). The van der Waals surface area contributed by atoms with Crippen LogP contribution < -0.4 is 5.32 Å². The topological polar surface area (TPSA) is 93.0 Å². The Labute approximate surface area is 121 Å². The fraction of sp³-hybridized carbons (Fsp3) is 0.615. The van der Waals surface area contributed by atoms with Gasteiger partial charge in [0.15, 0.2) is 0 Å². The van der Waals surface area contributed by atoms with Crippen molar-refractivity contribution in [2.24, 2.45) is 0 Å². The third-order valence-corrected chi connectivity index (χ3v) is 4.71. The van der Waals surface area contributed by atoms with Crippen LogP contribution in [0.15, 0.2) is 11.4 Å². The molecule has 6 nitrogen and oxygen atoms in total. The van der Waals surface area contributed by atoms with E-state index in [4.69, 9.17) is 0 Å². The van der Waals surface area contributed by atoms with Crippen LogP contribution in [0.3, 0.4) is 0 Å². The molecule has 112 valence electrons. The van der Waals surface area contributed by atoms with E-state index in [2.05, 4.69) is 5.32 Å². The minimum atomic E-state index is -1.21. The standard InChI is InChI=1S/C13H20N2O4S/c16-7-13(8-17,9-18)14-5-12(19)15-3-1-11-10(6-15)2-4-20-11/h2,4,14,16-18H,1,3,5-9H2. The van der Waals surface area contributed by atoms with E-state index >= 15 is 0 Å². The monoisotopic (exact) mass is 300 g/mol. The van der Waals surface area contributed by atoms with Crippen molar-refractivity contribution < 1.29 is 20.1 Å². The van der Waals surface area contributed by atoms with Crippen LogP contribution in [0.4, 0.5) is 0 Å². The summed E-state index contributed by atoms with van der Waals surface area (Å²) in [6.45, 7) is -0.0187. The number of aliphatic hydroxyl groups is 3. The molecule has 2 heterocycles. The summed E-state index contributed by atoms with van der Waals surface area (Å²) in [5.41, 5.74) is -0.0220. The smallest absolute Gasteiger partial charge is 0.236 e. The lowest BCUT2D eigenvalue weighted by molar-refractivity contribution is -0.131. The number of carbonyl (C=O) groups is 1. The highest BCUT2D eigenvalue weighted by Crippen LogP contribution is 2.23. The molecule has 0 aliphatic carbocycles. The Kier molecular flexibility index (Phi) is 5.11. The maximum absolute atomic E-state index is 12.1. The Hall–Kier alpha value is -0.990. The van der Waals surface area contributed by atoms with E-state index < -0.39 is 25.4 Å². The zero-order valence-corrected chi connectivity index (χ0v) is 12.0. The third kappa shape index (κ3) is 3.18. The van der Waals surface area contributed by atoms with Gasteiger partial charge < -0.3 is 20.2 Å². The summed E-state index contributed by atoms with van der Waals surface area (Å²) in [6.07, 6.45) is 0.865. The maximum atomic E-state index is 12.1. The van der Waals surface area contributed by atoms with Gasteiger partial charge in [0.2, 0.25) is 5.91 Å². The molecule has 1 aliphatic rings. The number of amides is 1. The van der Waals surface area contributed by atoms with Crippen LogP contribution >= 0.6 is 11.3 Å². The van der Waals surface area contributed by atoms with E-state index in [1.807, 2.05) is 11.4 Å². The number of fused-ring (bicyclic) bond motifs is 1. The fourth-order valence-corrected chi connectivity index (χ4v) is 3.04. The number of carbonyl (C=O) groups excluding carboxylic acids is 1. The van der Waals surface area contributed by atoms with Crippen molar-refractivity contribution in [2.75, 3.05) is 32.9 Å². The predicted molar refractivity (Wildman–Crippen MR) is 75.4 cm³/mol. The van der Waals surface area contributed by atoms with Crippen molar-refractivity contribution in [3.8, 4) is 0 Å². The van der Waals surface area contributed by atoms with Gasteiger partial charge in [-0.05, 0) is 23.4 Å². The van der Waals surface area contributed by atoms with Crippen LogP contribution in [0.5, 0.6) is 0 Å². The molecule has 0 saturated heterocycles. The highest BCUT2D eigenvalue weighted by Gasteiger charge is 2.29. The number of hydrogen-bond donors (Lipinski definition) is 4. The first-order valence-electron chi connectivity index (χ1n) is 6.55. The van der Waals surface area contributed by atoms with Gasteiger partial charge in [0.1, 0.15) is 0 Å².